The first-order valence-electron chi connectivity index (χ1n) is 8.83. The van der Waals surface area contributed by atoms with Crippen LogP contribution in [0.1, 0.15) is 16.7 Å². The number of benzene rings is 2. The van der Waals surface area contributed by atoms with Crippen LogP contribution in [0.15, 0.2) is 35.9 Å². The Labute approximate surface area is 169 Å². The minimum absolute atomic E-state index is 0.0304. The Morgan fingerprint density at radius 2 is 1.77 bits per heavy atom. The second-order valence-corrected chi connectivity index (χ2v) is 6.75. The lowest BCUT2D eigenvalue weighted by atomic mass is 10.0. The van der Waals surface area contributed by atoms with Crippen molar-refractivity contribution in [3.05, 3.63) is 62.7 Å². The van der Waals surface area contributed by atoms with Crippen LogP contribution in [-0.2, 0) is 9.59 Å². The molecule has 1 fully saturated rings. The largest absolute Gasteiger partial charge is 0.454 e. The van der Waals surface area contributed by atoms with Gasteiger partial charge in [-0.1, -0.05) is 6.07 Å². The molecule has 1 N–H and O–H groups in total. The zero-order valence-corrected chi connectivity index (χ0v) is 15.9. The van der Waals surface area contributed by atoms with Crippen LogP contribution >= 0.6 is 0 Å². The number of fused-ring (bicyclic) bond motifs is 1. The van der Waals surface area contributed by atoms with E-state index in [2.05, 4.69) is 5.32 Å². The van der Waals surface area contributed by atoms with Crippen LogP contribution in [0.3, 0.4) is 0 Å². The molecule has 10 heteroatoms. The fraction of sp³-hybridized carbons (Fsp3) is 0.150. The number of anilines is 1. The Balaban J connectivity index is 1.80. The molecule has 0 spiro atoms. The summed E-state index contributed by atoms with van der Waals surface area (Å²) in [5.41, 5.74) is 1.27. The number of imide groups is 2. The lowest BCUT2D eigenvalue weighted by molar-refractivity contribution is -0.385. The van der Waals surface area contributed by atoms with E-state index in [0.717, 1.165) is 28.2 Å². The highest BCUT2D eigenvalue weighted by molar-refractivity contribution is 6.39. The molecule has 0 aliphatic carbocycles. The summed E-state index contributed by atoms with van der Waals surface area (Å²) in [7, 11) is 0. The number of rotatable bonds is 3. The number of ether oxygens (including phenoxy) is 2. The summed E-state index contributed by atoms with van der Waals surface area (Å²) < 4.78 is 10.4. The minimum Gasteiger partial charge on any atom is -0.454 e. The number of amides is 4. The van der Waals surface area contributed by atoms with Gasteiger partial charge in [0.25, 0.3) is 17.5 Å². The molecule has 2 aliphatic rings. The molecule has 2 aliphatic heterocycles. The van der Waals surface area contributed by atoms with Crippen LogP contribution in [0.4, 0.5) is 16.2 Å². The fourth-order valence-corrected chi connectivity index (χ4v) is 3.13. The quantitative estimate of drug-likeness (QED) is 0.357. The Hall–Kier alpha value is -4.21. The van der Waals surface area contributed by atoms with E-state index in [-0.39, 0.29) is 35.2 Å². The van der Waals surface area contributed by atoms with Gasteiger partial charge >= 0.3 is 6.03 Å². The molecule has 4 rings (SSSR count). The number of aryl methyl sites for hydroxylation is 2. The Morgan fingerprint density at radius 1 is 1.07 bits per heavy atom. The molecule has 30 heavy (non-hydrogen) atoms. The number of nitro groups is 1. The van der Waals surface area contributed by atoms with E-state index in [1.807, 2.05) is 13.8 Å². The van der Waals surface area contributed by atoms with Gasteiger partial charge in [-0.2, -0.15) is 0 Å². The highest BCUT2D eigenvalue weighted by atomic mass is 16.7. The van der Waals surface area contributed by atoms with Crippen LogP contribution < -0.4 is 19.7 Å². The van der Waals surface area contributed by atoms with Gasteiger partial charge in [0.2, 0.25) is 6.79 Å². The van der Waals surface area contributed by atoms with Gasteiger partial charge in [0.1, 0.15) is 5.57 Å². The predicted molar refractivity (Wildman–Crippen MR) is 104 cm³/mol. The molecule has 1 saturated heterocycles. The number of barbiturate groups is 1. The van der Waals surface area contributed by atoms with Gasteiger partial charge in [-0.15, -0.1) is 0 Å². The van der Waals surface area contributed by atoms with Gasteiger partial charge in [-0.05, 0) is 49.2 Å². The third kappa shape index (κ3) is 3.13. The summed E-state index contributed by atoms with van der Waals surface area (Å²) in [6.07, 6.45) is 1.07. The second-order valence-electron chi connectivity index (χ2n) is 6.75. The minimum atomic E-state index is -0.947. The Kier molecular flexibility index (Phi) is 4.46. The van der Waals surface area contributed by atoms with Crippen molar-refractivity contribution in [3.8, 4) is 11.5 Å². The number of hydrogen-bond donors (Lipinski definition) is 1. The Bertz CT molecular complexity index is 1170. The van der Waals surface area contributed by atoms with Crippen molar-refractivity contribution < 1.29 is 28.8 Å². The summed E-state index contributed by atoms with van der Waals surface area (Å²) in [5.74, 6) is -1.40. The maximum atomic E-state index is 13.0. The molecule has 0 aromatic heterocycles. The molecular formula is C20H15N3O7. The topological polar surface area (TPSA) is 128 Å². The summed E-state index contributed by atoms with van der Waals surface area (Å²) in [4.78, 5) is 49.3. The summed E-state index contributed by atoms with van der Waals surface area (Å²) in [6.45, 7) is 3.61. The first-order valence-corrected chi connectivity index (χ1v) is 8.83. The van der Waals surface area contributed by atoms with Crippen LogP contribution in [0.2, 0.25) is 0 Å². The van der Waals surface area contributed by atoms with Gasteiger partial charge in [-0.25, -0.2) is 9.69 Å². The average molecular weight is 409 g/mol. The first-order chi connectivity index (χ1) is 14.3. The summed E-state index contributed by atoms with van der Waals surface area (Å²) in [5, 5.41) is 13.6. The average Bonchev–Trinajstić information content (AvgIpc) is 3.14. The van der Waals surface area contributed by atoms with Crippen molar-refractivity contribution in [1.82, 2.24) is 5.32 Å². The van der Waals surface area contributed by atoms with Crippen LogP contribution in [0, 0.1) is 24.0 Å². The molecular weight excluding hydrogens is 394 g/mol. The van der Waals surface area contributed by atoms with Crippen molar-refractivity contribution in [1.29, 1.82) is 0 Å². The van der Waals surface area contributed by atoms with Crippen molar-refractivity contribution in [2.24, 2.45) is 0 Å². The van der Waals surface area contributed by atoms with E-state index in [1.165, 1.54) is 6.07 Å². The fourth-order valence-electron chi connectivity index (χ4n) is 3.13. The van der Waals surface area contributed by atoms with Crippen molar-refractivity contribution in [3.63, 3.8) is 0 Å². The number of nitro benzene ring substituents is 1. The molecule has 0 bridgehead atoms. The van der Waals surface area contributed by atoms with E-state index < -0.39 is 28.3 Å². The summed E-state index contributed by atoms with van der Waals surface area (Å²) >= 11 is 0. The van der Waals surface area contributed by atoms with Crippen LogP contribution in [0.5, 0.6) is 11.5 Å². The SMILES string of the molecule is Cc1ccc(N2C(=O)NC(=O)/C(=C/c3cc4c(cc3[N+](=O)[O-])OCO4)C2=O)cc1C. The number of carbonyl (C=O) groups is 3. The lowest BCUT2D eigenvalue weighted by Gasteiger charge is -2.26. The first kappa shape index (κ1) is 19.1. The number of nitrogens with one attached hydrogen (secondary N) is 1. The lowest BCUT2D eigenvalue weighted by Crippen LogP contribution is -2.54. The van der Waals surface area contributed by atoms with E-state index in [1.54, 1.807) is 18.2 Å². The molecule has 0 saturated carbocycles. The molecule has 4 amide bonds. The molecule has 0 radical (unpaired) electrons. The third-order valence-corrected chi connectivity index (χ3v) is 4.87. The molecule has 2 heterocycles. The zero-order valence-electron chi connectivity index (χ0n) is 15.9. The van der Waals surface area contributed by atoms with E-state index in [4.69, 9.17) is 9.47 Å². The molecule has 0 atom stereocenters. The van der Waals surface area contributed by atoms with Gasteiger partial charge in [0, 0.05) is 0 Å². The molecule has 152 valence electrons. The number of nitrogens with zero attached hydrogens (tertiary/aromatic N) is 2. The van der Waals surface area contributed by atoms with Gasteiger partial charge in [0.15, 0.2) is 11.5 Å². The maximum Gasteiger partial charge on any atom is 0.335 e. The van der Waals surface area contributed by atoms with Crippen molar-refractivity contribution >= 4 is 35.3 Å². The van der Waals surface area contributed by atoms with Crippen LogP contribution in [-0.4, -0.2) is 29.6 Å². The van der Waals surface area contributed by atoms with Crippen LogP contribution in [0.25, 0.3) is 6.08 Å². The molecule has 10 nitrogen and oxygen atoms in total. The number of urea groups is 1. The Morgan fingerprint density at radius 3 is 2.43 bits per heavy atom. The van der Waals surface area contributed by atoms with E-state index >= 15 is 0 Å². The normalized spacial score (nSPS) is 16.8. The zero-order chi connectivity index (χ0) is 21.6. The van der Waals surface area contributed by atoms with E-state index in [9.17, 15) is 24.5 Å². The van der Waals surface area contributed by atoms with Gasteiger partial charge in [-0.3, -0.25) is 25.0 Å². The standard InChI is InChI=1S/C20H15N3O7/c1-10-3-4-13(5-11(10)2)22-19(25)14(18(24)21-20(22)26)6-12-7-16-17(30-9-29-16)8-15(12)23(27)28/h3-8H,9H2,1-2H3,(H,21,24,26)/b14-6-. The summed E-state index contributed by atoms with van der Waals surface area (Å²) in [6, 6.07) is 6.54. The molecule has 2 aromatic rings. The predicted octanol–water partition coefficient (Wildman–Crippen LogP) is 2.61. The second kappa shape index (κ2) is 6.99. The molecule has 0 unspecified atom stereocenters. The number of carbonyl (C=O) groups excluding carboxylic acids is 3. The van der Waals surface area contributed by atoms with Crippen molar-refractivity contribution in [2.45, 2.75) is 13.8 Å². The number of hydrogen-bond acceptors (Lipinski definition) is 7. The smallest absolute Gasteiger partial charge is 0.335 e. The molecule has 2 aromatic carbocycles. The van der Waals surface area contributed by atoms with E-state index in [0.29, 0.717) is 0 Å². The monoisotopic (exact) mass is 409 g/mol. The third-order valence-electron chi connectivity index (χ3n) is 4.87. The highest BCUT2D eigenvalue weighted by Crippen LogP contribution is 2.39. The van der Waals surface area contributed by atoms with Gasteiger partial charge in [0.05, 0.1) is 22.2 Å². The van der Waals surface area contributed by atoms with Gasteiger partial charge < -0.3 is 9.47 Å². The highest BCUT2D eigenvalue weighted by Gasteiger charge is 2.37. The maximum absolute atomic E-state index is 13.0. The van der Waals surface area contributed by atoms with Crippen molar-refractivity contribution in [2.75, 3.05) is 11.7 Å².